The van der Waals surface area contributed by atoms with Crippen molar-refractivity contribution in [3.05, 3.63) is 48.0 Å². The van der Waals surface area contributed by atoms with Crippen LogP contribution >= 0.6 is 11.3 Å². The first-order valence-electron chi connectivity index (χ1n) is 5.19. The van der Waals surface area contributed by atoms with Gasteiger partial charge in [0.25, 0.3) is 0 Å². The van der Waals surface area contributed by atoms with Gasteiger partial charge in [0.1, 0.15) is 0 Å². The highest BCUT2D eigenvalue weighted by Crippen LogP contribution is 2.35. The summed E-state index contributed by atoms with van der Waals surface area (Å²) in [5.74, 6) is 0.152. The highest BCUT2D eigenvalue weighted by atomic mass is 32.1. The zero-order valence-corrected chi connectivity index (χ0v) is 9.74. The summed E-state index contributed by atoms with van der Waals surface area (Å²) < 4.78 is 2.36. The van der Waals surface area contributed by atoms with Gasteiger partial charge in [0.05, 0.1) is 0 Å². The molecule has 3 N–H and O–H groups in total. The summed E-state index contributed by atoms with van der Waals surface area (Å²) >= 11 is 1.71. The van der Waals surface area contributed by atoms with Crippen molar-refractivity contribution in [2.45, 2.75) is 0 Å². The minimum Gasteiger partial charge on any atom is -0.409 e. The van der Waals surface area contributed by atoms with Crippen LogP contribution < -0.4 is 5.73 Å². The lowest BCUT2D eigenvalue weighted by molar-refractivity contribution is 0.318. The molecule has 0 spiro atoms. The van der Waals surface area contributed by atoms with E-state index in [0.717, 1.165) is 21.0 Å². The first-order valence-corrected chi connectivity index (χ1v) is 6.01. The summed E-state index contributed by atoms with van der Waals surface area (Å²) in [6.07, 6.45) is 0. The maximum Gasteiger partial charge on any atom is 0.170 e. The molecule has 0 radical (unpaired) electrons. The third kappa shape index (κ3) is 1.45. The number of benzene rings is 2. The third-order valence-corrected chi connectivity index (χ3v) is 3.92. The zero-order chi connectivity index (χ0) is 11.8. The molecule has 1 heterocycles. The number of rotatable bonds is 1. The van der Waals surface area contributed by atoms with Gasteiger partial charge in [-0.3, -0.25) is 0 Å². The van der Waals surface area contributed by atoms with Crippen LogP contribution in [0, 0.1) is 0 Å². The molecule has 1 aromatic heterocycles. The second kappa shape index (κ2) is 3.75. The molecule has 0 amide bonds. The average Bonchev–Trinajstić information content (AvgIpc) is 2.76. The van der Waals surface area contributed by atoms with E-state index in [1.165, 1.54) is 4.70 Å². The molecule has 0 saturated heterocycles. The molecule has 3 nitrogen and oxygen atoms in total. The lowest BCUT2D eigenvalue weighted by Crippen LogP contribution is -2.13. The van der Waals surface area contributed by atoms with E-state index in [1.54, 1.807) is 11.3 Å². The van der Waals surface area contributed by atoms with E-state index in [-0.39, 0.29) is 5.84 Å². The minimum absolute atomic E-state index is 0.152. The van der Waals surface area contributed by atoms with Crippen molar-refractivity contribution < 1.29 is 5.21 Å². The molecule has 84 valence electrons. The molecule has 17 heavy (non-hydrogen) atoms. The summed E-state index contributed by atoms with van der Waals surface area (Å²) in [5.41, 5.74) is 6.50. The Bertz CT molecular complexity index is 730. The van der Waals surface area contributed by atoms with Crippen molar-refractivity contribution in [3.63, 3.8) is 0 Å². The standard InChI is InChI=1S/C13H10N2OS/c14-13(15-16)9-5-3-7-11-12(9)8-4-1-2-6-10(8)17-11/h1-7,16H,(H2,14,15). The van der Waals surface area contributed by atoms with Crippen LogP contribution in [-0.2, 0) is 0 Å². The van der Waals surface area contributed by atoms with Gasteiger partial charge in [-0.05, 0) is 12.1 Å². The van der Waals surface area contributed by atoms with Gasteiger partial charge in [-0.15, -0.1) is 11.3 Å². The van der Waals surface area contributed by atoms with Gasteiger partial charge in [-0.25, -0.2) is 0 Å². The van der Waals surface area contributed by atoms with Crippen molar-refractivity contribution in [1.29, 1.82) is 0 Å². The van der Waals surface area contributed by atoms with Crippen LogP contribution in [0.2, 0.25) is 0 Å². The molecule has 0 unspecified atom stereocenters. The molecule has 0 saturated carbocycles. The topological polar surface area (TPSA) is 58.6 Å². The summed E-state index contributed by atoms with van der Waals surface area (Å²) in [6.45, 7) is 0. The number of hydrogen-bond acceptors (Lipinski definition) is 3. The molecule has 0 aliphatic rings. The molecular weight excluding hydrogens is 232 g/mol. The number of hydrogen-bond donors (Lipinski definition) is 2. The van der Waals surface area contributed by atoms with Crippen molar-refractivity contribution in [2.75, 3.05) is 0 Å². The maximum absolute atomic E-state index is 8.82. The van der Waals surface area contributed by atoms with Gasteiger partial charge in [0.2, 0.25) is 0 Å². The smallest absolute Gasteiger partial charge is 0.170 e. The van der Waals surface area contributed by atoms with Gasteiger partial charge in [0, 0.05) is 25.7 Å². The van der Waals surface area contributed by atoms with Crippen LogP contribution in [0.5, 0.6) is 0 Å². The molecule has 4 heteroatoms. The number of nitrogens with zero attached hydrogens (tertiary/aromatic N) is 1. The predicted octanol–water partition coefficient (Wildman–Crippen LogP) is 3.15. The van der Waals surface area contributed by atoms with Crippen LogP contribution in [-0.4, -0.2) is 11.0 Å². The van der Waals surface area contributed by atoms with Gasteiger partial charge in [-0.1, -0.05) is 35.5 Å². The highest BCUT2D eigenvalue weighted by Gasteiger charge is 2.10. The van der Waals surface area contributed by atoms with Crippen LogP contribution in [0.4, 0.5) is 0 Å². The van der Waals surface area contributed by atoms with Crippen molar-refractivity contribution in [1.82, 2.24) is 0 Å². The maximum atomic E-state index is 8.82. The van der Waals surface area contributed by atoms with Crippen molar-refractivity contribution >= 4 is 37.3 Å². The van der Waals surface area contributed by atoms with E-state index in [1.807, 2.05) is 30.3 Å². The number of oxime groups is 1. The Kier molecular flexibility index (Phi) is 2.23. The fourth-order valence-corrected chi connectivity index (χ4v) is 3.17. The Morgan fingerprint density at radius 1 is 1.06 bits per heavy atom. The first-order chi connectivity index (χ1) is 8.31. The van der Waals surface area contributed by atoms with Gasteiger partial charge >= 0.3 is 0 Å². The Labute approximate surface area is 102 Å². The molecule has 0 atom stereocenters. The normalized spacial score (nSPS) is 12.4. The molecule has 2 aromatic carbocycles. The molecule has 0 bridgehead atoms. The van der Waals surface area contributed by atoms with E-state index >= 15 is 0 Å². The highest BCUT2D eigenvalue weighted by molar-refractivity contribution is 7.25. The molecule has 3 aromatic rings. The number of thiophene rings is 1. The van der Waals surface area contributed by atoms with Gasteiger partial charge in [-0.2, -0.15) is 0 Å². The van der Waals surface area contributed by atoms with E-state index in [0.29, 0.717) is 0 Å². The van der Waals surface area contributed by atoms with Crippen LogP contribution in [0.25, 0.3) is 20.2 Å². The van der Waals surface area contributed by atoms with Gasteiger partial charge in [0.15, 0.2) is 5.84 Å². The molecule has 0 aliphatic heterocycles. The average molecular weight is 242 g/mol. The van der Waals surface area contributed by atoms with Crippen molar-refractivity contribution in [2.24, 2.45) is 10.9 Å². The molecule has 0 aliphatic carbocycles. The summed E-state index contributed by atoms with van der Waals surface area (Å²) in [7, 11) is 0. The fraction of sp³-hybridized carbons (Fsp3) is 0. The third-order valence-electron chi connectivity index (χ3n) is 2.79. The Morgan fingerprint density at radius 2 is 1.82 bits per heavy atom. The van der Waals surface area contributed by atoms with E-state index in [9.17, 15) is 0 Å². The van der Waals surface area contributed by atoms with E-state index < -0.39 is 0 Å². The lowest BCUT2D eigenvalue weighted by atomic mass is 10.1. The predicted molar refractivity (Wildman–Crippen MR) is 71.8 cm³/mol. The summed E-state index contributed by atoms with van der Waals surface area (Å²) in [4.78, 5) is 0. The zero-order valence-electron chi connectivity index (χ0n) is 8.92. The Hall–Kier alpha value is -2.07. The van der Waals surface area contributed by atoms with Crippen LogP contribution in [0.15, 0.2) is 47.6 Å². The molecular formula is C13H10N2OS. The second-order valence-corrected chi connectivity index (χ2v) is 4.85. The van der Waals surface area contributed by atoms with E-state index in [2.05, 4.69) is 17.3 Å². The second-order valence-electron chi connectivity index (χ2n) is 3.76. The Morgan fingerprint density at radius 3 is 2.65 bits per heavy atom. The minimum atomic E-state index is 0.152. The van der Waals surface area contributed by atoms with Crippen molar-refractivity contribution in [3.8, 4) is 0 Å². The number of nitrogens with two attached hydrogens (primary N) is 1. The summed E-state index contributed by atoms with van der Waals surface area (Å²) in [6, 6.07) is 14.0. The van der Waals surface area contributed by atoms with Gasteiger partial charge < -0.3 is 10.9 Å². The number of fused-ring (bicyclic) bond motifs is 3. The van der Waals surface area contributed by atoms with Crippen LogP contribution in [0.1, 0.15) is 5.56 Å². The molecule has 3 rings (SSSR count). The summed E-state index contributed by atoms with van der Waals surface area (Å²) in [5, 5.41) is 14.1. The largest absolute Gasteiger partial charge is 0.409 e. The number of amidine groups is 1. The lowest BCUT2D eigenvalue weighted by Gasteiger charge is -2.01. The quantitative estimate of drug-likeness (QED) is 0.298. The monoisotopic (exact) mass is 242 g/mol. The Balaban J connectivity index is 2.52. The molecule has 0 fully saturated rings. The first kappa shape index (κ1) is 10.1. The van der Waals surface area contributed by atoms with Crippen LogP contribution in [0.3, 0.4) is 0 Å². The SMILES string of the molecule is NC(=NO)c1cccc2sc3ccccc3c12. The fourth-order valence-electron chi connectivity index (χ4n) is 2.04. The van der Waals surface area contributed by atoms with E-state index in [4.69, 9.17) is 10.9 Å².